The largest absolute Gasteiger partial charge is 0.365 e. The molecule has 0 unspecified atom stereocenters. The van der Waals surface area contributed by atoms with Gasteiger partial charge in [0.15, 0.2) is 0 Å². The van der Waals surface area contributed by atoms with Crippen LogP contribution in [-0.4, -0.2) is 9.97 Å². The van der Waals surface area contributed by atoms with Gasteiger partial charge in [-0.05, 0) is 49.1 Å². The zero-order valence-corrected chi connectivity index (χ0v) is 11.6. The normalized spacial score (nSPS) is 9.60. The lowest BCUT2D eigenvalue weighted by atomic mass is 10.1. The summed E-state index contributed by atoms with van der Waals surface area (Å²) in [5.41, 5.74) is 2.76. The first-order chi connectivity index (χ1) is 9.95. The summed E-state index contributed by atoms with van der Waals surface area (Å²) < 4.78 is 0. The summed E-state index contributed by atoms with van der Waals surface area (Å²) in [5.74, 6) is 0. The minimum Gasteiger partial charge on any atom is -0.365 e. The highest BCUT2D eigenvalue weighted by atomic mass is 14.7. The maximum absolute atomic E-state index is 3.78. The molecule has 0 aliphatic carbocycles. The van der Waals surface area contributed by atoms with Gasteiger partial charge in [0, 0.05) is 24.3 Å². The Kier molecular flexibility index (Phi) is 6.12. The summed E-state index contributed by atoms with van der Waals surface area (Å²) in [5, 5.41) is 0. The molecule has 0 aliphatic heterocycles. The summed E-state index contributed by atoms with van der Waals surface area (Å²) in [6.07, 6.45) is 9.00. The average molecular weight is 264 g/mol. The Bertz CT molecular complexity index is 518. The third-order valence-electron chi connectivity index (χ3n) is 2.98. The Morgan fingerprint density at radius 3 is 2.05 bits per heavy atom. The quantitative estimate of drug-likeness (QED) is 0.749. The van der Waals surface area contributed by atoms with Crippen molar-refractivity contribution < 1.29 is 0 Å². The Morgan fingerprint density at radius 1 is 0.750 bits per heavy atom. The van der Waals surface area contributed by atoms with E-state index in [0.717, 1.165) is 6.42 Å². The number of nitrogens with one attached hydrogen (secondary N) is 1. The van der Waals surface area contributed by atoms with E-state index in [2.05, 4.69) is 52.4 Å². The van der Waals surface area contributed by atoms with Crippen LogP contribution in [0, 0.1) is 0 Å². The first-order valence-corrected chi connectivity index (χ1v) is 6.96. The van der Waals surface area contributed by atoms with Crippen molar-refractivity contribution in [2.45, 2.75) is 19.3 Å². The summed E-state index contributed by atoms with van der Waals surface area (Å²) in [7, 11) is 0. The number of benzene rings is 1. The number of aromatic amines is 1. The van der Waals surface area contributed by atoms with Crippen molar-refractivity contribution in [3.05, 3.63) is 90.5 Å². The van der Waals surface area contributed by atoms with Crippen LogP contribution in [0.25, 0.3) is 0 Å². The van der Waals surface area contributed by atoms with Crippen LogP contribution in [0.3, 0.4) is 0 Å². The fourth-order valence-corrected chi connectivity index (χ4v) is 1.96. The molecule has 0 radical (unpaired) electrons. The van der Waals surface area contributed by atoms with Crippen LogP contribution in [0.5, 0.6) is 0 Å². The van der Waals surface area contributed by atoms with Gasteiger partial charge in [0.1, 0.15) is 0 Å². The third-order valence-corrected chi connectivity index (χ3v) is 2.98. The summed E-state index contributed by atoms with van der Waals surface area (Å²) >= 11 is 0. The molecule has 0 saturated heterocycles. The molecule has 2 nitrogen and oxygen atoms in total. The van der Waals surface area contributed by atoms with Gasteiger partial charge in [-0.25, -0.2) is 0 Å². The molecule has 0 fully saturated rings. The Morgan fingerprint density at radius 2 is 1.50 bits per heavy atom. The number of H-pyrrole nitrogens is 1. The Hall–Kier alpha value is -2.35. The van der Waals surface area contributed by atoms with Crippen molar-refractivity contribution in [1.29, 1.82) is 0 Å². The predicted molar refractivity (Wildman–Crippen MR) is 83.5 cm³/mol. The van der Waals surface area contributed by atoms with Gasteiger partial charge in [-0.3, -0.25) is 4.98 Å². The van der Waals surface area contributed by atoms with Gasteiger partial charge in [-0.15, -0.1) is 0 Å². The van der Waals surface area contributed by atoms with E-state index < -0.39 is 0 Å². The monoisotopic (exact) mass is 264 g/mol. The van der Waals surface area contributed by atoms with Gasteiger partial charge in [0.05, 0.1) is 0 Å². The van der Waals surface area contributed by atoms with Crippen molar-refractivity contribution in [2.75, 3.05) is 0 Å². The molecule has 1 N–H and O–H groups in total. The number of aromatic nitrogens is 2. The number of aryl methyl sites for hydroxylation is 2. The van der Waals surface area contributed by atoms with Gasteiger partial charge < -0.3 is 4.98 Å². The highest BCUT2D eigenvalue weighted by Gasteiger charge is 1.94. The van der Waals surface area contributed by atoms with E-state index in [9.17, 15) is 0 Å². The number of hydrogen-bond donors (Lipinski definition) is 1. The van der Waals surface area contributed by atoms with E-state index in [-0.39, 0.29) is 0 Å². The zero-order valence-electron chi connectivity index (χ0n) is 11.6. The molecule has 0 atom stereocenters. The highest BCUT2D eigenvalue weighted by Crippen LogP contribution is 2.06. The lowest BCUT2D eigenvalue weighted by Crippen LogP contribution is -1.89. The smallest absolute Gasteiger partial charge is 0.0267 e. The molecule has 3 aromatic rings. The van der Waals surface area contributed by atoms with Gasteiger partial charge in [0.25, 0.3) is 0 Å². The molecule has 3 rings (SSSR count). The van der Waals surface area contributed by atoms with Crippen LogP contribution < -0.4 is 0 Å². The SMILES string of the molecule is c1ccc(CCCc2ccc[nH]2)cc1.c1ccncc1. The molecule has 2 heterocycles. The van der Waals surface area contributed by atoms with E-state index in [0.29, 0.717) is 0 Å². The topological polar surface area (TPSA) is 28.7 Å². The second-order valence-electron chi connectivity index (χ2n) is 4.56. The highest BCUT2D eigenvalue weighted by molar-refractivity contribution is 5.15. The third kappa shape index (κ3) is 5.53. The van der Waals surface area contributed by atoms with E-state index in [1.807, 2.05) is 24.4 Å². The summed E-state index contributed by atoms with van der Waals surface area (Å²) in [4.78, 5) is 7.01. The van der Waals surface area contributed by atoms with Crippen LogP contribution in [0.2, 0.25) is 0 Å². The molecule has 0 amide bonds. The van der Waals surface area contributed by atoms with Crippen molar-refractivity contribution in [3.63, 3.8) is 0 Å². The number of hydrogen-bond acceptors (Lipinski definition) is 1. The predicted octanol–water partition coefficient (Wildman–Crippen LogP) is 4.27. The van der Waals surface area contributed by atoms with Crippen LogP contribution in [-0.2, 0) is 12.8 Å². The van der Waals surface area contributed by atoms with E-state index in [1.54, 1.807) is 12.4 Å². The van der Waals surface area contributed by atoms with Gasteiger partial charge in [-0.2, -0.15) is 0 Å². The number of nitrogens with zero attached hydrogens (tertiary/aromatic N) is 1. The van der Waals surface area contributed by atoms with Crippen molar-refractivity contribution in [2.24, 2.45) is 0 Å². The molecular formula is C18H20N2. The molecule has 20 heavy (non-hydrogen) atoms. The van der Waals surface area contributed by atoms with Crippen LogP contribution in [0.1, 0.15) is 17.7 Å². The van der Waals surface area contributed by atoms with Crippen molar-refractivity contribution >= 4 is 0 Å². The molecule has 0 spiro atoms. The van der Waals surface area contributed by atoms with E-state index in [1.165, 1.54) is 24.1 Å². The van der Waals surface area contributed by atoms with Crippen LogP contribution in [0.4, 0.5) is 0 Å². The fraction of sp³-hybridized carbons (Fsp3) is 0.167. The van der Waals surface area contributed by atoms with Crippen molar-refractivity contribution in [1.82, 2.24) is 9.97 Å². The molecule has 2 aromatic heterocycles. The molecule has 0 aliphatic rings. The van der Waals surface area contributed by atoms with Gasteiger partial charge >= 0.3 is 0 Å². The summed E-state index contributed by atoms with van der Waals surface area (Å²) in [6, 6.07) is 20.6. The molecule has 1 aromatic carbocycles. The second-order valence-corrected chi connectivity index (χ2v) is 4.56. The van der Waals surface area contributed by atoms with Gasteiger partial charge in [-0.1, -0.05) is 36.4 Å². The van der Waals surface area contributed by atoms with Crippen LogP contribution in [0.15, 0.2) is 79.3 Å². The molecule has 0 bridgehead atoms. The Balaban J connectivity index is 0.000000205. The minimum atomic E-state index is 1.14. The lowest BCUT2D eigenvalue weighted by Gasteiger charge is -1.99. The molecule has 102 valence electrons. The molecular weight excluding hydrogens is 244 g/mol. The fourth-order valence-electron chi connectivity index (χ4n) is 1.96. The maximum atomic E-state index is 3.78. The molecule has 2 heteroatoms. The number of pyridine rings is 1. The average Bonchev–Trinajstić information content (AvgIpc) is 3.04. The minimum absolute atomic E-state index is 1.14. The zero-order chi connectivity index (χ0) is 13.9. The number of rotatable bonds is 4. The van der Waals surface area contributed by atoms with Gasteiger partial charge in [0.2, 0.25) is 0 Å². The van der Waals surface area contributed by atoms with Crippen molar-refractivity contribution in [3.8, 4) is 0 Å². The second kappa shape index (κ2) is 8.70. The first kappa shape index (κ1) is 14.1. The lowest BCUT2D eigenvalue weighted by molar-refractivity contribution is 0.804. The van der Waals surface area contributed by atoms with E-state index in [4.69, 9.17) is 0 Å². The first-order valence-electron chi connectivity index (χ1n) is 6.96. The molecule has 0 saturated carbocycles. The van der Waals surface area contributed by atoms with Crippen LogP contribution >= 0.6 is 0 Å². The van der Waals surface area contributed by atoms with E-state index >= 15 is 0 Å². The standard InChI is InChI=1S/C13H15N.C5H5N/c1-2-6-12(7-3-1)8-4-9-13-10-5-11-14-13;1-2-4-6-5-3-1/h1-3,5-7,10-11,14H,4,8-9H2;1-5H. The maximum Gasteiger partial charge on any atom is 0.0267 e. The summed E-state index contributed by atoms with van der Waals surface area (Å²) in [6.45, 7) is 0. The Labute approximate surface area is 120 Å².